The molecule has 4 aromatic rings. The second kappa shape index (κ2) is 10.2. The van der Waals surface area contributed by atoms with Gasteiger partial charge in [0.2, 0.25) is 10.0 Å². The highest BCUT2D eigenvalue weighted by atomic mass is 35.5. The Morgan fingerprint density at radius 3 is 2.58 bits per heavy atom. The van der Waals surface area contributed by atoms with Crippen molar-refractivity contribution in [2.75, 3.05) is 13.1 Å². The van der Waals surface area contributed by atoms with Gasteiger partial charge in [-0.05, 0) is 35.7 Å². The average molecular weight is 557 g/mol. The lowest BCUT2D eigenvalue weighted by molar-refractivity contribution is -0.385. The highest BCUT2D eigenvalue weighted by Crippen LogP contribution is 2.32. The molecule has 1 fully saturated rings. The van der Waals surface area contributed by atoms with Gasteiger partial charge < -0.3 is 9.15 Å². The summed E-state index contributed by atoms with van der Waals surface area (Å²) in [4.78, 5) is 35.0. The first-order chi connectivity index (χ1) is 18.1. The number of sulfonamides is 1. The molecule has 1 aliphatic rings. The minimum atomic E-state index is -4.10. The minimum Gasteiger partial charge on any atom is -0.461 e. The molecule has 1 aliphatic heterocycles. The molecule has 1 saturated heterocycles. The molecule has 0 atom stereocenters. The molecule has 2 heterocycles. The summed E-state index contributed by atoms with van der Waals surface area (Å²) in [6.45, 7) is -0.107. The molecule has 0 N–H and O–H groups in total. The van der Waals surface area contributed by atoms with Gasteiger partial charge in [-0.1, -0.05) is 41.9 Å². The maximum absolute atomic E-state index is 13.1. The third kappa shape index (κ3) is 4.87. The summed E-state index contributed by atoms with van der Waals surface area (Å²) in [5.41, 5.74) is -0.0406. The third-order valence-electron chi connectivity index (χ3n) is 6.62. The standard InChI is InChI=1S/C26H21ClN2O8S/c27-21-7-6-19(29(32)33)14-23(21)38(34,35)28-11-9-17(10-12-28)26(31)36-15-18-13-24(30)37-22-8-5-16-3-1-2-4-20(16)25(18)22/h1-8,13-14,17H,9-12,15H2. The van der Waals surface area contributed by atoms with Crippen LogP contribution in [0.2, 0.25) is 5.02 Å². The molecule has 3 aromatic carbocycles. The number of piperidine rings is 1. The Bertz CT molecular complexity index is 1740. The van der Waals surface area contributed by atoms with Crippen molar-refractivity contribution >= 4 is 55.0 Å². The smallest absolute Gasteiger partial charge is 0.336 e. The fraction of sp³-hybridized carbons (Fsp3) is 0.231. The Kier molecular flexibility index (Phi) is 6.91. The summed E-state index contributed by atoms with van der Waals surface area (Å²) in [7, 11) is -4.10. The van der Waals surface area contributed by atoms with Crippen LogP contribution in [0.4, 0.5) is 5.69 Å². The summed E-state index contributed by atoms with van der Waals surface area (Å²) >= 11 is 6.04. The van der Waals surface area contributed by atoms with Gasteiger partial charge in [0.1, 0.15) is 17.1 Å². The molecule has 12 heteroatoms. The van der Waals surface area contributed by atoms with E-state index in [1.54, 1.807) is 6.07 Å². The van der Waals surface area contributed by atoms with E-state index in [9.17, 15) is 28.1 Å². The van der Waals surface area contributed by atoms with Crippen molar-refractivity contribution in [3.63, 3.8) is 0 Å². The number of carbonyl (C=O) groups excluding carboxylic acids is 1. The summed E-state index contributed by atoms with van der Waals surface area (Å²) in [5, 5.41) is 13.5. The molecule has 5 rings (SSSR count). The van der Waals surface area contributed by atoms with Gasteiger partial charge in [0.15, 0.2) is 0 Å². The molecule has 0 radical (unpaired) electrons. The topological polar surface area (TPSA) is 137 Å². The zero-order valence-corrected chi connectivity index (χ0v) is 21.4. The zero-order chi connectivity index (χ0) is 27.0. The highest BCUT2D eigenvalue weighted by molar-refractivity contribution is 7.89. The van der Waals surface area contributed by atoms with Crippen molar-refractivity contribution in [2.45, 2.75) is 24.3 Å². The number of nitro groups is 1. The van der Waals surface area contributed by atoms with E-state index in [2.05, 4.69) is 0 Å². The number of esters is 1. The van der Waals surface area contributed by atoms with E-state index in [4.69, 9.17) is 20.8 Å². The van der Waals surface area contributed by atoms with E-state index in [0.29, 0.717) is 16.5 Å². The largest absolute Gasteiger partial charge is 0.461 e. The van der Waals surface area contributed by atoms with E-state index in [1.165, 1.54) is 12.1 Å². The Morgan fingerprint density at radius 1 is 1.11 bits per heavy atom. The molecule has 0 spiro atoms. The fourth-order valence-electron chi connectivity index (χ4n) is 4.67. The van der Waals surface area contributed by atoms with E-state index >= 15 is 0 Å². The number of benzene rings is 3. The van der Waals surface area contributed by atoms with Gasteiger partial charge in [-0.3, -0.25) is 14.9 Å². The monoisotopic (exact) mass is 556 g/mol. The first kappa shape index (κ1) is 25.8. The molecule has 0 saturated carbocycles. The molecule has 196 valence electrons. The lowest BCUT2D eigenvalue weighted by atomic mass is 9.98. The molecular formula is C26H21ClN2O8S. The van der Waals surface area contributed by atoms with Crippen LogP contribution in [0.3, 0.4) is 0 Å². The van der Waals surface area contributed by atoms with Crippen LogP contribution in [-0.4, -0.2) is 36.7 Å². The fourth-order valence-corrected chi connectivity index (χ4v) is 6.64. The zero-order valence-electron chi connectivity index (χ0n) is 19.8. The van der Waals surface area contributed by atoms with Crippen molar-refractivity contribution < 1.29 is 27.3 Å². The summed E-state index contributed by atoms with van der Waals surface area (Å²) in [5.74, 6) is -1.05. The van der Waals surface area contributed by atoms with Crippen LogP contribution in [0.1, 0.15) is 18.4 Å². The number of hydrogen-bond acceptors (Lipinski definition) is 8. The number of halogens is 1. The average Bonchev–Trinajstić information content (AvgIpc) is 2.91. The molecule has 0 bridgehead atoms. The summed E-state index contributed by atoms with van der Waals surface area (Å²) in [6.07, 6.45) is 0.399. The second-order valence-electron chi connectivity index (χ2n) is 8.91. The van der Waals surface area contributed by atoms with Crippen LogP contribution in [0.5, 0.6) is 0 Å². The first-order valence-corrected chi connectivity index (χ1v) is 13.5. The summed E-state index contributed by atoms with van der Waals surface area (Å²) in [6, 6.07) is 15.7. The van der Waals surface area contributed by atoms with Gasteiger partial charge in [0, 0.05) is 42.2 Å². The Hall–Kier alpha value is -3.80. The predicted molar refractivity (Wildman–Crippen MR) is 139 cm³/mol. The van der Waals surface area contributed by atoms with E-state index in [0.717, 1.165) is 27.2 Å². The van der Waals surface area contributed by atoms with Crippen molar-refractivity contribution in [1.82, 2.24) is 4.31 Å². The lowest BCUT2D eigenvalue weighted by Crippen LogP contribution is -2.40. The molecule has 0 unspecified atom stereocenters. The van der Waals surface area contributed by atoms with Crippen LogP contribution >= 0.6 is 11.6 Å². The highest BCUT2D eigenvalue weighted by Gasteiger charge is 2.34. The Balaban J connectivity index is 1.29. The number of nitro benzene ring substituents is 1. The van der Waals surface area contributed by atoms with Crippen LogP contribution in [-0.2, 0) is 26.2 Å². The first-order valence-electron chi connectivity index (χ1n) is 11.7. The molecule has 0 aliphatic carbocycles. The number of nitrogens with zero attached hydrogens (tertiary/aromatic N) is 2. The number of fused-ring (bicyclic) bond motifs is 3. The summed E-state index contributed by atoms with van der Waals surface area (Å²) < 4.78 is 38.3. The van der Waals surface area contributed by atoms with E-state index in [-0.39, 0.29) is 48.1 Å². The molecule has 0 amide bonds. The van der Waals surface area contributed by atoms with Gasteiger partial charge >= 0.3 is 11.6 Å². The lowest BCUT2D eigenvalue weighted by Gasteiger charge is -2.30. The van der Waals surface area contributed by atoms with Gasteiger partial charge in [-0.2, -0.15) is 4.31 Å². The number of hydrogen-bond donors (Lipinski definition) is 0. The maximum Gasteiger partial charge on any atom is 0.336 e. The van der Waals surface area contributed by atoms with Crippen LogP contribution < -0.4 is 5.63 Å². The van der Waals surface area contributed by atoms with Crippen molar-refractivity contribution in [1.29, 1.82) is 0 Å². The number of carbonyl (C=O) groups is 1. The molecular weight excluding hydrogens is 536 g/mol. The number of rotatable bonds is 6. The number of non-ortho nitro benzene ring substituents is 1. The van der Waals surface area contributed by atoms with Crippen LogP contribution in [0.25, 0.3) is 21.7 Å². The van der Waals surface area contributed by atoms with Gasteiger partial charge in [0.05, 0.1) is 15.9 Å². The molecule has 10 nitrogen and oxygen atoms in total. The molecule has 1 aromatic heterocycles. The maximum atomic E-state index is 13.1. The quantitative estimate of drug-likeness (QED) is 0.110. The minimum absolute atomic E-state index is 0.0175. The molecule has 38 heavy (non-hydrogen) atoms. The van der Waals surface area contributed by atoms with Crippen LogP contribution in [0.15, 0.2) is 74.8 Å². The number of ether oxygens (including phenoxy) is 1. The van der Waals surface area contributed by atoms with Gasteiger partial charge in [-0.25, -0.2) is 13.2 Å². The van der Waals surface area contributed by atoms with Gasteiger partial charge in [-0.15, -0.1) is 0 Å². The van der Waals surface area contributed by atoms with Crippen molar-refractivity contribution in [3.05, 3.63) is 91.8 Å². The second-order valence-corrected chi connectivity index (χ2v) is 11.2. The normalized spacial score (nSPS) is 15.1. The van der Waals surface area contributed by atoms with E-state index < -0.39 is 32.5 Å². The van der Waals surface area contributed by atoms with E-state index in [1.807, 2.05) is 30.3 Å². The Morgan fingerprint density at radius 2 is 1.84 bits per heavy atom. The van der Waals surface area contributed by atoms with Crippen molar-refractivity contribution in [3.8, 4) is 0 Å². The Labute approximate surface area is 221 Å². The third-order valence-corrected chi connectivity index (χ3v) is 9.00. The van der Waals surface area contributed by atoms with Crippen molar-refractivity contribution in [2.24, 2.45) is 5.92 Å². The SMILES string of the molecule is O=C(OCc1cc(=O)oc2ccc3ccccc3c12)C1CCN(S(=O)(=O)c2cc([N+](=O)[O-])ccc2Cl)CC1. The predicted octanol–water partition coefficient (Wildman–Crippen LogP) is 4.65. The van der Waals surface area contributed by atoms with Crippen LogP contribution in [0, 0.1) is 16.0 Å². The van der Waals surface area contributed by atoms with Gasteiger partial charge in [0.25, 0.3) is 5.69 Å².